The molecule has 2 rings (SSSR count). The van der Waals surface area contributed by atoms with Gasteiger partial charge in [0, 0.05) is 38.3 Å². The SMILES string of the molecule is Cc1nn(C)c(Cl)c1CNCCN(C)C1CCCC1. The van der Waals surface area contributed by atoms with Crippen LogP contribution >= 0.6 is 11.6 Å². The third-order valence-electron chi connectivity index (χ3n) is 4.16. The van der Waals surface area contributed by atoms with Crippen LogP contribution in [0.4, 0.5) is 0 Å². The molecule has 4 nitrogen and oxygen atoms in total. The van der Waals surface area contributed by atoms with E-state index in [9.17, 15) is 0 Å². The molecular weight excluding hydrogens is 260 g/mol. The van der Waals surface area contributed by atoms with E-state index in [0.29, 0.717) is 0 Å². The lowest BCUT2D eigenvalue weighted by Gasteiger charge is -2.23. The number of hydrogen-bond donors (Lipinski definition) is 1. The van der Waals surface area contributed by atoms with Crippen molar-refractivity contribution in [3.8, 4) is 0 Å². The quantitative estimate of drug-likeness (QED) is 0.814. The fourth-order valence-electron chi connectivity index (χ4n) is 2.87. The van der Waals surface area contributed by atoms with Crippen molar-refractivity contribution in [3.05, 3.63) is 16.4 Å². The Labute approximate surface area is 121 Å². The van der Waals surface area contributed by atoms with Gasteiger partial charge in [-0.2, -0.15) is 5.10 Å². The van der Waals surface area contributed by atoms with E-state index >= 15 is 0 Å². The molecular formula is C14H25ClN4. The van der Waals surface area contributed by atoms with E-state index in [0.717, 1.165) is 42.1 Å². The summed E-state index contributed by atoms with van der Waals surface area (Å²) >= 11 is 6.21. The summed E-state index contributed by atoms with van der Waals surface area (Å²) in [7, 11) is 4.12. The summed E-state index contributed by atoms with van der Waals surface area (Å²) in [5.74, 6) is 0. The fourth-order valence-corrected chi connectivity index (χ4v) is 3.11. The third-order valence-corrected chi connectivity index (χ3v) is 4.63. The van der Waals surface area contributed by atoms with Crippen molar-refractivity contribution < 1.29 is 0 Å². The van der Waals surface area contributed by atoms with Crippen molar-refractivity contribution in [2.24, 2.45) is 7.05 Å². The van der Waals surface area contributed by atoms with Crippen molar-refractivity contribution in [1.82, 2.24) is 20.0 Å². The van der Waals surface area contributed by atoms with Gasteiger partial charge in [0.2, 0.25) is 0 Å². The van der Waals surface area contributed by atoms with Crippen LogP contribution in [0.25, 0.3) is 0 Å². The lowest BCUT2D eigenvalue weighted by Crippen LogP contribution is -2.35. The van der Waals surface area contributed by atoms with Crippen molar-refractivity contribution in [3.63, 3.8) is 0 Å². The maximum atomic E-state index is 6.21. The van der Waals surface area contributed by atoms with E-state index in [-0.39, 0.29) is 0 Å². The smallest absolute Gasteiger partial charge is 0.131 e. The predicted molar refractivity (Wildman–Crippen MR) is 79.5 cm³/mol. The van der Waals surface area contributed by atoms with Gasteiger partial charge in [-0.15, -0.1) is 0 Å². The zero-order chi connectivity index (χ0) is 13.8. The summed E-state index contributed by atoms with van der Waals surface area (Å²) in [4.78, 5) is 2.48. The monoisotopic (exact) mass is 284 g/mol. The van der Waals surface area contributed by atoms with Crippen LogP contribution < -0.4 is 5.32 Å². The number of aryl methyl sites for hydroxylation is 2. The van der Waals surface area contributed by atoms with Gasteiger partial charge in [-0.25, -0.2) is 0 Å². The van der Waals surface area contributed by atoms with Crippen LogP contribution in [0, 0.1) is 6.92 Å². The van der Waals surface area contributed by atoms with Crippen LogP contribution in [0.15, 0.2) is 0 Å². The molecule has 1 aliphatic carbocycles. The molecule has 0 aliphatic heterocycles. The molecule has 0 bridgehead atoms. The van der Waals surface area contributed by atoms with E-state index in [4.69, 9.17) is 11.6 Å². The molecule has 108 valence electrons. The van der Waals surface area contributed by atoms with Crippen LogP contribution in [-0.2, 0) is 13.6 Å². The van der Waals surface area contributed by atoms with E-state index in [1.807, 2.05) is 14.0 Å². The Morgan fingerprint density at radius 3 is 2.68 bits per heavy atom. The highest BCUT2D eigenvalue weighted by Gasteiger charge is 2.18. The standard InChI is InChI=1S/C14H25ClN4/c1-11-13(14(15)19(3)17-11)10-16-8-9-18(2)12-6-4-5-7-12/h12,16H,4-10H2,1-3H3. The second-order valence-corrected chi connectivity index (χ2v) is 5.93. The number of likely N-dealkylation sites (N-methyl/N-ethyl adjacent to an activating group) is 1. The van der Waals surface area contributed by atoms with Crippen molar-refractivity contribution in [2.75, 3.05) is 20.1 Å². The number of nitrogens with zero attached hydrogens (tertiary/aromatic N) is 3. The summed E-state index contributed by atoms with van der Waals surface area (Å²) in [5, 5.41) is 8.54. The van der Waals surface area contributed by atoms with E-state index in [1.165, 1.54) is 25.7 Å². The molecule has 0 radical (unpaired) electrons. The summed E-state index contributed by atoms with van der Waals surface area (Å²) in [5.41, 5.74) is 2.14. The normalized spacial score (nSPS) is 16.7. The zero-order valence-corrected chi connectivity index (χ0v) is 13.0. The zero-order valence-electron chi connectivity index (χ0n) is 12.2. The first kappa shape index (κ1) is 14.8. The Hall–Kier alpha value is -0.580. The summed E-state index contributed by atoms with van der Waals surface area (Å²) in [6.07, 6.45) is 5.52. The minimum absolute atomic E-state index is 0.745. The predicted octanol–water partition coefficient (Wildman–Crippen LogP) is 2.35. The van der Waals surface area contributed by atoms with E-state index in [2.05, 4.69) is 22.4 Å². The first-order valence-corrected chi connectivity index (χ1v) is 7.56. The summed E-state index contributed by atoms with van der Waals surface area (Å²) in [6.45, 7) is 4.91. The molecule has 0 saturated heterocycles. The van der Waals surface area contributed by atoms with Gasteiger partial charge in [0.25, 0.3) is 0 Å². The maximum absolute atomic E-state index is 6.21. The molecule has 5 heteroatoms. The van der Waals surface area contributed by atoms with Crippen molar-refractivity contribution >= 4 is 11.6 Å². The van der Waals surface area contributed by atoms with Gasteiger partial charge in [-0.05, 0) is 26.8 Å². The molecule has 1 aromatic rings. The van der Waals surface area contributed by atoms with E-state index < -0.39 is 0 Å². The largest absolute Gasteiger partial charge is 0.311 e. The molecule has 0 aromatic carbocycles. The molecule has 0 amide bonds. The van der Waals surface area contributed by atoms with Crippen LogP contribution in [-0.4, -0.2) is 40.9 Å². The van der Waals surface area contributed by atoms with E-state index in [1.54, 1.807) is 4.68 Å². The molecule has 1 saturated carbocycles. The summed E-state index contributed by atoms with van der Waals surface area (Å²) in [6, 6.07) is 0.797. The van der Waals surface area contributed by atoms with Crippen molar-refractivity contribution in [2.45, 2.75) is 45.2 Å². The molecule has 1 N–H and O–H groups in total. The summed E-state index contributed by atoms with van der Waals surface area (Å²) < 4.78 is 1.73. The molecule has 1 aromatic heterocycles. The van der Waals surface area contributed by atoms with Crippen LogP contribution in [0.2, 0.25) is 5.15 Å². The highest BCUT2D eigenvalue weighted by atomic mass is 35.5. The van der Waals surface area contributed by atoms with Gasteiger partial charge in [-0.3, -0.25) is 4.68 Å². The third kappa shape index (κ3) is 3.71. The van der Waals surface area contributed by atoms with Crippen LogP contribution in [0.3, 0.4) is 0 Å². The van der Waals surface area contributed by atoms with Gasteiger partial charge in [0.15, 0.2) is 0 Å². The Bertz CT molecular complexity index is 410. The Balaban J connectivity index is 1.71. The Morgan fingerprint density at radius 1 is 1.42 bits per heavy atom. The van der Waals surface area contributed by atoms with Gasteiger partial charge < -0.3 is 10.2 Å². The van der Waals surface area contributed by atoms with Gasteiger partial charge >= 0.3 is 0 Å². The molecule has 1 aliphatic rings. The first-order valence-electron chi connectivity index (χ1n) is 7.18. The molecule has 0 spiro atoms. The Morgan fingerprint density at radius 2 is 2.11 bits per heavy atom. The maximum Gasteiger partial charge on any atom is 0.131 e. The average molecular weight is 285 g/mol. The van der Waals surface area contributed by atoms with Gasteiger partial charge in [0.05, 0.1) is 5.69 Å². The first-order chi connectivity index (χ1) is 9.09. The molecule has 1 heterocycles. The lowest BCUT2D eigenvalue weighted by atomic mass is 10.2. The molecule has 19 heavy (non-hydrogen) atoms. The molecule has 0 unspecified atom stereocenters. The van der Waals surface area contributed by atoms with Crippen LogP contribution in [0.1, 0.15) is 36.9 Å². The number of halogens is 1. The molecule has 0 atom stereocenters. The number of rotatable bonds is 6. The lowest BCUT2D eigenvalue weighted by molar-refractivity contribution is 0.245. The minimum atomic E-state index is 0.745. The second kappa shape index (κ2) is 6.73. The van der Waals surface area contributed by atoms with Gasteiger partial charge in [0.1, 0.15) is 5.15 Å². The number of hydrogen-bond acceptors (Lipinski definition) is 3. The average Bonchev–Trinajstić information content (AvgIpc) is 2.98. The minimum Gasteiger partial charge on any atom is -0.311 e. The number of aromatic nitrogens is 2. The molecule has 1 fully saturated rings. The number of nitrogens with one attached hydrogen (secondary N) is 1. The van der Waals surface area contributed by atoms with Gasteiger partial charge in [-0.1, -0.05) is 24.4 Å². The second-order valence-electron chi connectivity index (χ2n) is 5.57. The highest BCUT2D eigenvalue weighted by molar-refractivity contribution is 6.30. The Kier molecular flexibility index (Phi) is 5.25. The fraction of sp³-hybridized carbons (Fsp3) is 0.786. The highest BCUT2D eigenvalue weighted by Crippen LogP contribution is 2.22. The van der Waals surface area contributed by atoms with Crippen LogP contribution in [0.5, 0.6) is 0 Å². The topological polar surface area (TPSA) is 33.1 Å². The van der Waals surface area contributed by atoms with Crippen molar-refractivity contribution in [1.29, 1.82) is 0 Å².